The zero-order chi connectivity index (χ0) is 13.9. The van der Waals surface area contributed by atoms with Crippen molar-refractivity contribution in [1.29, 1.82) is 0 Å². The van der Waals surface area contributed by atoms with E-state index in [2.05, 4.69) is 33.6 Å². The molecular weight excluding hydrogens is 290 g/mol. The number of hydrogen-bond donors (Lipinski definition) is 0. The Morgan fingerprint density at radius 3 is 3.00 bits per heavy atom. The van der Waals surface area contributed by atoms with Crippen molar-refractivity contribution in [2.45, 2.75) is 24.4 Å². The zero-order valence-corrected chi connectivity index (χ0v) is 12.7. The molecule has 0 aliphatic heterocycles. The van der Waals surface area contributed by atoms with Crippen molar-refractivity contribution in [3.63, 3.8) is 0 Å². The van der Waals surface area contributed by atoms with E-state index < -0.39 is 0 Å². The van der Waals surface area contributed by atoms with E-state index in [4.69, 9.17) is 11.6 Å². The Hall–Kier alpha value is -1.52. The number of thioether (sulfide) groups is 1. The van der Waals surface area contributed by atoms with Crippen molar-refractivity contribution in [2.24, 2.45) is 0 Å². The minimum atomic E-state index is 0.575. The smallest absolute Gasteiger partial charge is 0.168 e. The second-order valence-electron chi connectivity index (χ2n) is 4.42. The molecule has 2 aromatic heterocycles. The lowest BCUT2D eigenvalue weighted by Crippen LogP contribution is -1.95. The van der Waals surface area contributed by atoms with E-state index in [-0.39, 0.29) is 0 Å². The third-order valence-electron chi connectivity index (χ3n) is 3.12. The first kappa shape index (κ1) is 13.5. The van der Waals surface area contributed by atoms with Gasteiger partial charge in [-0.25, -0.2) is 9.97 Å². The third-order valence-corrected chi connectivity index (χ3v) is 4.51. The number of aryl methyl sites for hydroxylation is 1. The predicted octanol–water partition coefficient (Wildman–Crippen LogP) is 4.40. The van der Waals surface area contributed by atoms with E-state index in [0.29, 0.717) is 5.15 Å². The van der Waals surface area contributed by atoms with Crippen LogP contribution in [0.15, 0.2) is 47.9 Å². The third kappa shape index (κ3) is 2.67. The fourth-order valence-electron chi connectivity index (χ4n) is 2.06. The van der Waals surface area contributed by atoms with E-state index in [1.165, 1.54) is 0 Å². The number of benzene rings is 1. The van der Waals surface area contributed by atoms with Gasteiger partial charge in [0.25, 0.3) is 0 Å². The molecule has 102 valence electrons. The summed E-state index contributed by atoms with van der Waals surface area (Å²) in [6.45, 7) is 3.03. The van der Waals surface area contributed by atoms with Gasteiger partial charge in [-0.2, -0.15) is 0 Å². The molecule has 2 heterocycles. The number of halogens is 1. The first-order chi connectivity index (χ1) is 9.78. The average molecular weight is 304 g/mol. The molecular formula is C15H14ClN3S. The number of para-hydroxylation sites is 1. The van der Waals surface area contributed by atoms with Gasteiger partial charge in [0, 0.05) is 35.6 Å². The Morgan fingerprint density at radius 1 is 1.30 bits per heavy atom. The molecule has 0 spiro atoms. The quantitative estimate of drug-likeness (QED) is 0.529. The Bertz CT molecular complexity index is 739. The molecule has 20 heavy (non-hydrogen) atoms. The van der Waals surface area contributed by atoms with E-state index in [1.807, 2.05) is 30.6 Å². The number of nitrogens with zero attached hydrogens (tertiary/aromatic N) is 3. The lowest BCUT2D eigenvalue weighted by Gasteiger charge is -2.07. The van der Waals surface area contributed by atoms with Crippen LogP contribution in [0.2, 0.25) is 5.15 Å². The first-order valence-corrected chi connectivity index (χ1v) is 7.82. The van der Waals surface area contributed by atoms with Crippen molar-refractivity contribution in [2.75, 3.05) is 0 Å². The molecule has 0 fully saturated rings. The number of imidazole rings is 1. The molecule has 3 rings (SSSR count). The summed E-state index contributed by atoms with van der Waals surface area (Å²) in [6.07, 6.45) is 3.81. The number of aromatic nitrogens is 3. The average Bonchev–Trinajstić information content (AvgIpc) is 2.92. The summed E-state index contributed by atoms with van der Waals surface area (Å²) in [6, 6.07) is 10.1. The highest BCUT2D eigenvalue weighted by molar-refractivity contribution is 7.98. The van der Waals surface area contributed by atoms with Crippen LogP contribution in [-0.2, 0) is 12.3 Å². The van der Waals surface area contributed by atoms with Crippen molar-refractivity contribution in [3.05, 3.63) is 53.4 Å². The Balaban J connectivity index is 1.85. The van der Waals surface area contributed by atoms with Crippen LogP contribution in [0.4, 0.5) is 0 Å². The summed E-state index contributed by atoms with van der Waals surface area (Å²) >= 11 is 7.95. The van der Waals surface area contributed by atoms with Gasteiger partial charge in [-0.3, -0.25) is 0 Å². The molecule has 1 aromatic carbocycles. The van der Waals surface area contributed by atoms with Crippen LogP contribution in [-0.4, -0.2) is 14.5 Å². The second-order valence-corrected chi connectivity index (χ2v) is 5.72. The topological polar surface area (TPSA) is 30.7 Å². The molecule has 0 saturated carbocycles. The van der Waals surface area contributed by atoms with Gasteiger partial charge >= 0.3 is 0 Å². The lowest BCUT2D eigenvalue weighted by molar-refractivity contribution is 0.681. The molecule has 0 bridgehead atoms. The molecule has 5 heteroatoms. The van der Waals surface area contributed by atoms with Gasteiger partial charge in [-0.1, -0.05) is 41.6 Å². The van der Waals surface area contributed by atoms with Crippen LogP contribution in [0.5, 0.6) is 0 Å². The summed E-state index contributed by atoms with van der Waals surface area (Å²) in [5, 5.41) is 2.70. The highest BCUT2D eigenvalue weighted by atomic mass is 35.5. The van der Waals surface area contributed by atoms with E-state index in [0.717, 1.165) is 33.9 Å². The molecule has 0 N–H and O–H groups in total. The van der Waals surface area contributed by atoms with Crippen LogP contribution >= 0.6 is 23.4 Å². The first-order valence-electron chi connectivity index (χ1n) is 6.46. The largest absolute Gasteiger partial charge is 0.326 e. The fraction of sp³-hybridized carbons (Fsp3) is 0.200. The fourth-order valence-corrected chi connectivity index (χ4v) is 3.34. The maximum atomic E-state index is 6.27. The Morgan fingerprint density at radius 2 is 2.15 bits per heavy atom. The van der Waals surface area contributed by atoms with Gasteiger partial charge < -0.3 is 4.57 Å². The number of rotatable bonds is 4. The molecule has 0 saturated heterocycles. The Labute approximate surface area is 127 Å². The van der Waals surface area contributed by atoms with Crippen LogP contribution in [0.1, 0.15) is 12.5 Å². The standard InChI is InChI=1S/C15H14ClN3S/c1-2-19-8-7-17-15(19)20-10-12-9-11-5-3-4-6-13(11)18-14(12)16/h3-9H,2,10H2,1H3. The minimum absolute atomic E-state index is 0.575. The van der Waals surface area contributed by atoms with Gasteiger partial charge in [-0.05, 0) is 19.1 Å². The molecule has 0 aliphatic carbocycles. The highest BCUT2D eigenvalue weighted by Gasteiger charge is 2.08. The van der Waals surface area contributed by atoms with Gasteiger partial charge in [0.05, 0.1) is 5.52 Å². The Kier molecular flexibility index (Phi) is 3.94. The molecule has 3 aromatic rings. The SMILES string of the molecule is CCn1ccnc1SCc1cc2ccccc2nc1Cl. The maximum Gasteiger partial charge on any atom is 0.168 e. The molecule has 0 aliphatic rings. The zero-order valence-electron chi connectivity index (χ0n) is 11.1. The normalized spacial score (nSPS) is 11.1. The van der Waals surface area contributed by atoms with Gasteiger partial charge in [0.1, 0.15) is 5.15 Å². The van der Waals surface area contributed by atoms with Crippen molar-refractivity contribution in [1.82, 2.24) is 14.5 Å². The van der Waals surface area contributed by atoms with Crippen LogP contribution in [0.25, 0.3) is 10.9 Å². The van der Waals surface area contributed by atoms with Crippen molar-refractivity contribution >= 4 is 34.3 Å². The molecule has 0 amide bonds. The van der Waals surface area contributed by atoms with E-state index >= 15 is 0 Å². The summed E-state index contributed by atoms with van der Waals surface area (Å²) in [4.78, 5) is 8.80. The van der Waals surface area contributed by atoms with Gasteiger partial charge in [-0.15, -0.1) is 0 Å². The highest BCUT2D eigenvalue weighted by Crippen LogP contribution is 2.27. The monoisotopic (exact) mass is 303 g/mol. The summed E-state index contributed by atoms with van der Waals surface area (Å²) in [5.74, 6) is 0.772. The molecule has 0 radical (unpaired) electrons. The van der Waals surface area contributed by atoms with Crippen LogP contribution < -0.4 is 0 Å². The van der Waals surface area contributed by atoms with Gasteiger partial charge in [0.15, 0.2) is 5.16 Å². The summed E-state index contributed by atoms with van der Waals surface area (Å²) in [5.41, 5.74) is 1.97. The van der Waals surface area contributed by atoms with Crippen molar-refractivity contribution in [3.8, 4) is 0 Å². The van der Waals surface area contributed by atoms with Gasteiger partial charge in [0.2, 0.25) is 0 Å². The lowest BCUT2D eigenvalue weighted by atomic mass is 10.2. The predicted molar refractivity (Wildman–Crippen MR) is 84.2 cm³/mol. The minimum Gasteiger partial charge on any atom is -0.326 e. The van der Waals surface area contributed by atoms with Crippen LogP contribution in [0.3, 0.4) is 0 Å². The number of fused-ring (bicyclic) bond motifs is 1. The number of pyridine rings is 1. The molecule has 0 unspecified atom stereocenters. The van der Waals surface area contributed by atoms with Crippen molar-refractivity contribution < 1.29 is 0 Å². The maximum absolute atomic E-state index is 6.27. The number of hydrogen-bond acceptors (Lipinski definition) is 3. The van der Waals surface area contributed by atoms with E-state index in [1.54, 1.807) is 11.8 Å². The molecule has 3 nitrogen and oxygen atoms in total. The second kappa shape index (κ2) is 5.85. The summed E-state index contributed by atoms with van der Waals surface area (Å²) in [7, 11) is 0. The van der Waals surface area contributed by atoms with E-state index in [9.17, 15) is 0 Å². The molecule has 0 atom stereocenters. The van der Waals surface area contributed by atoms with Crippen LogP contribution in [0, 0.1) is 0 Å². The summed E-state index contributed by atoms with van der Waals surface area (Å²) < 4.78 is 2.12.